The van der Waals surface area contributed by atoms with Crippen LogP contribution in [0.2, 0.25) is 0 Å². The summed E-state index contributed by atoms with van der Waals surface area (Å²) in [6.45, 7) is -0.586. The van der Waals surface area contributed by atoms with Crippen molar-refractivity contribution in [2.45, 2.75) is 24.3 Å². The van der Waals surface area contributed by atoms with Crippen LogP contribution in [-0.4, -0.2) is 14.5 Å². The van der Waals surface area contributed by atoms with Crippen LogP contribution < -0.4 is 0 Å². The van der Waals surface area contributed by atoms with E-state index >= 15 is 0 Å². The van der Waals surface area contributed by atoms with E-state index in [0.717, 1.165) is 26.1 Å². The van der Waals surface area contributed by atoms with Crippen molar-refractivity contribution in [3.63, 3.8) is 0 Å². The maximum absolute atomic E-state index is 13.5. The minimum atomic E-state index is -2.62. The van der Waals surface area contributed by atoms with Crippen LogP contribution in [0.5, 0.6) is 0 Å². The Bertz CT molecular complexity index is 1060. The van der Waals surface area contributed by atoms with Gasteiger partial charge in [0.15, 0.2) is 0 Å². The van der Waals surface area contributed by atoms with E-state index in [-0.39, 0.29) is 0 Å². The largest absolute Gasteiger partial charge is 0.320 e. The van der Waals surface area contributed by atoms with Gasteiger partial charge in [-0.1, -0.05) is 42.1 Å². The molecule has 0 saturated carbocycles. The molecule has 4 aromatic rings. The minimum absolute atomic E-state index is 0.337. The Morgan fingerprint density at radius 2 is 1.72 bits per heavy atom. The maximum atomic E-state index is 13.5. The molecule has 0 radical (unpaired) electrons. The van der Waals surface area contributed by atoms with Crippen LogP contribution in [0.4, 0.5) is 8.78 Å². The Morgan fingerprint density at radius 1 is 1.00 bits per heavy atom. The number of fused-ring (bicyclic) bond motifs is 2. The van der Waals surface area contributed by atoms with Crippen molar-refractivity contribution in [1.29, 1.82) is 0 Å². The molecule has 0 saturated heterocycles. The third kappa shape index (κ3) is 2.98. The first kappa shape index (κ1) is 16.0. The Balaban J connectivity index is 1.68. The fourth-order valence-electron chi connectivity index (χ4n) is 2.94. The second kappa shape index (κ2) is 6.44. The Hall–Kier alpha value is -2.47. The first-order valence-corrected chi connectivity index (χ1v) is 8.85. The number of hydrogen-bond acceptors (Lipinski definition) is 3. The molecule has 0 aliphatic rings. The van der Waals surface area contributed by atoms with Gasteiger partial charge in [0.05, 0.1) is 27.3 Å². The van der Waals surface area contributed by atoms with Crippen LogP contribution in [0.25, 0.3) is 21.9 Å². The third-order valence-corrected chi connectivity index (χ3v) is 5.02. The van der Waals surface area contributed by atoms with Gasteiger partial charge in [-0.3, -0.25) is 4.57 Å². The highest BCUT2D eigenvalue weighted by molar-refractivity contribution is 7.98. The normalized spacial score (nSPS) is 11.7. The molecule has 0 N–H and O–H groups in total. The molecule has 0 aliphatic carbocycles. The highest BCUT2D eigenvalue weighted by Crippen LogP contribution is 2.29. The molecule has 0 fully saturated rings. The van der Waals surface area contributed by atoms with Crippen molar-refractivity contribution < 1.29 is 8.78 Å². The number of imidazole rings is 1. The van der Waals surface area contributed by atoms with Crippen LogP contribution >= 0.6 is 11.8 Å². The highest BCUT2D eigenvalue weighted by atomic mass is 32.2. The van der Waals surface area contributed by atoms with Crippen molar-refractivity contribution in [2.24, 2.45) is 0 Å². The summed E-state index contributed by atoms with van der Waals surface area (Å²) in [5.41, 5.74) is 3.07. The number of halogens is 2. The van der Waals surface area contributed by atoms with Crippen molar-refractivity contribution in [1.82, 2.24) is 14.5 Å². The number of para-hydroxylation sites is 3. The van der Waals surface area contributed by atoms with E-state index < -0.39 is 6.55 Å². The van der Waals surface area contributed by atoms with Gasteiger partial charge in [-0.25, -0.2) is 9.97 Å². The smallest absolute Gasteiger partial charge is 0.269 e. The number of rotatable bonds is 4. The van der Waals surface area contributed by atoms with Crippen LogP contribution in [-0.2, 0) is 5.75 Å². The second-order valence-electron chi connectivity index (χ2n) is 5.75. The SMILES string of the molecule is Cc1cc(SCc2nc3ccccc3n2C(F)F)nc2ccccc12. The summed E-state index contributed by atoms with van der Waals surface area (Å²) in [6.07, 6.45) is 0. The summed E-state index contributed by atoms with van der Waals surface area (Å²) in [6, 6.07) is 16.9. The molecule has 2 heterocycles. The van der Waals surface area contributed by atoms with Crippen molar-refractivity contribution >= 4 is 33.7 Å². The molecule has 0 unspecified atom stereocenters. The average molecular weight is 355 g/mol. The zero-order valence-corrected chi connectivity index (χ0v) is 14.3. The fraction of sp³-hybridized carbons (Fsp3) is 0.158. The van der Waals surface area contributed by atoms with Crippen molar-refractivity contribution in [2.75, 3.05) is 0 Å². The van der Waals surface area contributed by atoms with Gasteiger partial charge in [0, 0.05) is 5.39 Å². The summed E-state index contributed by atoms with van der Waals surface area (Å²) in [5.74, 6) is 0.692. The average Bonchev–Trinajstić information content (AvgIpc) is 2.98. The quantitative estimate of drug-likeness (QED) is 0.448. The maximum Gasteiger partial charge on any atom is 0.320 e. The molecule has 0 aliphatic heterocycles. The standard InChI is InChI=1S/C19H15F2N3S/c1-12-10-18(23-14-7-3-2-6-13(12)14)25-11-17-22-15-8-4-5-9-16(15)24(17)19(20)21/h2-10,19H,11H2,1H3. The van der Waals surface area contributed by atoms with Crippen LogP contribution in [0, 0.1) is 6.92 Å². The van der Waals surface area contributed by atoms with E-state index in [1.165, 1.54) is 11.8 Å². The van der Waals surface area contributed by atoms with E-state index in [4.69, 9.17) is 0 Å². The van der Waals surface area contributed by atoms with Crippen LogP contribution in [0.1, 0.15) is 17.9 Å². The number of hydrogen-bond donors (Lipinski definition) is 0. The number of alkyl halides is 2. The van der Waals surface area contributed by atoms with Gasteiger partial charge in [-0.15, -0.1) is 0 Å². The Labute approximate surface area is 147 Å². The summed E-state index contributed by atoms with van der Waals surface area (Å²) < 4.78 is 28.0. The van der Waals surface area contributed by atoms with E-state index in [1.54, 1.807) is 24.3 Å². The molecule has 2 aromatic heterocycles. The zero-order valence-electron chi connectivity index (χ0n) is 13.5. The van der Waals surface area contributed by atoms with Crippen molar-refractivity contribution in [3.8, 4) is 0 Å². The van der Waals surface area contributed by atoms with Crippen LogP contribution in [0.15, 0.2) is 59.6 Å². The highest BCUT2D eigenvalue weighted by Gasteiger charge is 2.17. The summed E-state index contributed by atoms with van der Waals surface area (Å²) in [5, 5.41) is 1.91. The van der Waals surface area contributed by atoms with Gasteiger partial charge in [0.2, 0.25) is 0 Å². The van der Waals surface area contributed by atoms with Gasteiger partial charge in [0.1, 0.15) is 5.82 Å². The summed E-state index contributed by atoms with van der Waals surface area (Å²) in [4.78, 5) is 8.99. The second-order valence-corrected chi connectivity index (χ2v) is 6.74. The van der Waals surface area contributed by atoms with Gasteiger partial charge < -0.3 is 0 Å². The van der Waals surface area contributed by atoms with Crippen molar-refractivity contribution in [3.05, 3.63) is 66.0 Å². The molecule has 4 rings (SSSR count). The van der Waals surface area contributed by atoms with Gasteiger partial charge in [-0.05, 0) is 36.8 Å². The first-order valence-electron chi connectivity index (χ1n) is 7.86. The molecule has 126 valence electrons. The molecule has 3 nitrogen and oxygen atoms in total. The number of aromatic nitrogens is 3. The van der Waals surface area contributed by atoms with Gasteiger partial charge in [0.25, 0.3) is 0 Å². The van der Waals surface area contributed by atoms with Gasteiger partial charge >= 0.3 is 6.55 Å². The predicted octanol–water partition coefficient (Wildman–Crippen LogP) is 5.58. The molecule has 6 heteroatoms. The zero-order chi connectivity index (χ0) is 17.4. The van der Waals surface area contributed by atoms with E-state index in [2.05, 4.69) is 9.97 Å². The number of benzene rings is 2. The molecule has 0 bridgehead atoms. The lowest BCUT2D eigenvalue weighted by Gasteiger charge is -2.08. The third-order valence-electron chi connectivity index (χ3n) is 4.11. The van der Waals surface area contributed by atoms with Gasteiger partial charge in [-0.2, -0.15) is 8.78 Å². The summed E-state index contributed by atoms with van der Waals surface area (Å²) in [7, 11) is 0. The fourth-order valence-corrected chi connectivity index (χ4v) is 3.85. The molecule has 2 aromatic carbocycles. The van der Waals surface area contributed by atoms with Crippen LogP contribution in [0.3, 0.4) is 0 Å². The lowest BCUT2D eigenvalue weighted by molar-refractivity contribution is 0.0722. The van der Waals surface area contributed by atoms with E-state index in [0.29, 0.717) is 22.6 Å². The number of nitrogens with zero attached hydrogens (tertiary/aromatic N) is 3. The molecular weight excluding hydrogens is 340 g/mol. The molecule has 25 heavy (non-hydrogen) atoms. The topological polar surface area (TPSA) is 30.7 Å². The lowest BCUT2D eigenvalue weighted by atomic mass is 10.1. The van der Waals surface area contributed by atoms with E-state index in [9.17, 15) is 8.78 Å². The molecule has 0 atom stereocenters. The number of thioether (sulfide) groups is 1. The Morgan fingerprint density at radius 3 is 2.52 bits per heavy atom. The monoisotopic (exact) mass is 355 g/mol. The molecule has 0 amide bonds. The predicted molar refractivity (Wildman–Crippen MR) is 97.0 cm³/mol. The number of pyridine rings is 1. The first-order chi connectivity index (χ1) is 12.1. The number of aryl methyl sites for hydroxylation is 1. The molecule has 0 spiro atoms. The molecular formula is C19H15F2N3S. The van der Waals surface area contributed by atoms with E-state index in [1.807, 2.05) is 37.3 Å². The Kier molecular flexibility index (Phi) is 4.13. The minimum Gasteiger partial charge on any atom is -0.269 e. The summed E-state index contributed by atoms with van der Waals surface area (Å²) >= 11 is 1.42. The lowest BCUT2D eigenvalue weighted by Crippen LogP contribution is -2.03.